The fourth-order valence-electron chi connectivity index (χ4n) is 5.19. The Hall–Kier alpha value is -1.77. The van der Waals surface area contributed by atoms with Crippen molar-refractivity contribution in [1.82, 2.24) is 0 Å². The Kier molecular flexibility index (Phi) is 32.8. The zero-order chi connectivity index (χ0) is 37.9. The second-order valence-electron chi connectivity index (χ2n) is 14.7. The monoisotopic (exact) mass is 742 g/mol. The van der Waals surface area contributed by atoms with Crippen LogP contribution in [0.5, 0.6) is 0 Å². The van der Waals surface area contributed by atoms with Crippen molar-refractivity contribution in [1.29, 1.82) is 0 Å². The minimum Gasteiger partial charge on any atom is -0.756 e. The molecule has 0 aromatic heterocycles. The number of carbonyl (C=O) groups excluding carboxylic acids is 2. The second-order valence-corrected chi connectivity index (χ2v) is 16.1. The van der Waals surface area contributed by atoms with Gasteiger partial charge < -0.3 is 27.9 Å². The summed E-state index contributed by atoms with van der Waals surface area (Å²) in [6.07, 6.45) is 36.0. The molecular weight excluding hydrogens is 665 g/mol. The van der Waals surface area contributed by atoms with E-state index in [4.69, 9.17) is 18.5 Å². The number of allylic oxidation sites excluding steroid dienone is 6. The number of ether oxygens (including phenoxy) is 2. The SMILES string of the molecule is CCCCC/C=C/C/C=C/C/C=C/CCCCC(=O)OC[C@H](COP(=O)([O-])OCC[N+](C)(C)C)OC(=O)CCCCCCCCCCCCCC. The number of nitrogens with zero attached hydrogens (tertiary/aromatic N) is 1. The molecule has 0 aromatic carbocycles. The van der Waals surface area contributed by atoms with Crippen LogP contribution >= 0.6 is 7.82 Å². The van der Waals surface area contributed by atoms with Gasteiger partial charge in [-0.25, -0.2) is 0 Å². The quantitative estimate of drug-likeness (QED) is 0.0205. The topological polar surface area (TPSA) is 111 Å². The average Bonchev–Trinajstić information content (AvgIpc) is 3.07. The van der Waals surface area contributed by atoms with E-state index in [1.54, 1.807) is 0 Å². The number of hydrogen-bond donors (Lipinski definition) is 0. The van der Waals surface area contributed by atoms with E-state index in [-0.39, 0.29) is 26.1 Å². The summed E-state index contributed by atoms with van der Waals surface area (Å²) >= 11 is 0. The van der Waals surface area contributed by atoms with Gasteiger partial charge in [-0.3, -0.25) is 14.2 Å². The highest BCUT2D eigenvalue weighted by Gasteiger charge is 2.21. The van der Waals surface area contributed by atoms with Crippen LogP contribution in [0.1, 0.15) is 162 Å². The predicted molar refractivity (Wildman–Crippen MR) is 208 cm³/mol. The molecule has 0 radical (unpaired) electrons. The highest BCUT2D eigenvalue weighted by Crippen LogP contribution is 2.38. The summed E-state index contributed by atoms with van der Waals surface area (Å²) in [6, 6.07) is 0. The molecule has 0 heterocycles. The molecule has 0 N–H and O–H groups in total. The van der Waals surface area contributed by atoms with Gasteiger partial charge in [-0.05, 0) is 51.4 Å². The Labute approximate surface area is 312 Å². The lowest BCUT2D eigenvalue weighted by Crippen LogP contribution is -2.37. The molecule has 0 saturated heterocycles. The molecule has 0 amide bonds. The number of quaternary nitrogens is 1. The van der Waals surface area contributed by atoms with Gasteiger partial charge in [0.25, 0.3) is 7.82 Å². The Morgan fingerprint density at radius 2 is 1.06 bits per heavy atom. The van der Waals surface area contributed by atoms with Crippen molar-refractivity contribution < 1.29 is 42.1 Å². The van der Waals surface area contributed by atoms with Crippen LogP contribution in [0.2, 0.25) is 0 Å². The molecule has 2 atom stereocenters. The second kappa shape index (κ2) is 34.0. The lowest BCUT2D eigenvalue weighted by molar-refractivity contribution is -0.870. The van der Waals surface area contributed by atoms with Crippen LogP contribution in [0.3, 0.4) is 0 Å². The van der Waals surface area contributed by atoms with E-state index in [0.717, 1.165) is 51.4 Å². The first kappa shape index (κ1) is 49.2. The smallest absolute Gasteiger partial charge is 0.306 e. The highest BCUT2D eigenvalue weighted by atomic mass is 31.2. The number of phosphoric acid groups is 1. The zero-order valence-corrected chi connectivity index (χ0v) is 34.2. The minimum absolute atomic E-state index is 0.0363. The van der Waals surface area contributed by atoms with E-state index in [1.165, 1.54) is 70.6 Å². The van der Waals surface area contributed by atoms with E-state index in [2.05, 4.69) is 50.3 Å². The molecule has 0 aliphatic rings. The van der Waals surface area contributed by atoms with Gasteiger partial charge in [-0.2, -0.15) is 0 Å². The van der Waals surface area contributed by atoms with Crippen molar-refractivity contribution in [3.8, 4) is 0 Å². The van der Waals surface area contributed by atoms with Crippen LogP contribution in [0.4, 0.5) is 0 Å². The Bertz CT molecular complexity index is 975. The number of hydrogen-bond acceptors (Lipinski definition) is 8. The summed E-state index contributed by atoms with van der Waals surface area (Å²) in [4.78, 5) is 37.4. The molecular formula is C41H76NO8P. The van der Waals surface area contributed by atoms with Gasteiger partial charge in [-0.1, -0.05) is 134 Å². The number of carbonyl (C=O) groups is 2. The standard InChI is InChI=1S/C41H76NO8P/c1-6-8-10-12-14-16-18-20-21-22-24-25-27-29-31-33-40(43)47-37-39(38-49-51(45,46)48-36-35-42(3,4)5)50-41(44)34-32-30-28-26-23-19-17-15-13-11-9-7-2/h14,16,20-21,24-25,39H,6-13,15,17-19,22-23,26-38H2,1-5H3/b16-14+,21-20+,25-24+/t39-/m1/s1. The van der Waals surface area contributed by atoms with Gasteiger partial charge >= 0.3 is 11.9 Å². The predicted octanol–water partition coefficient (Wildman–Crippen LogP) is 10.3. The van der Waals surface area contributed by atoms with E-state index >= 15 is 0 Å². The Balaban J connectivity index is 4.47. The molecule has 51 heavy (non-hydrogen) atoms. The molecule has 0 aliphatic carbocycles. The van der Waals surface area contributed by atoms with Crippen LogP contribution in [0, 0.1) is 0 Å². The molecule has 0 aromatic rings. The van der Waals surface area contributed by atoms with Crippen molar-refractivity contribution in [2.24, 2.45) is 0 Å². The minimum atomic E-state index is -4.62. The molecule has 298 valence electrons. The maximum absolute atomic E-state index is 12.6. The fraction of sp³-hybridized carbons (Fsp3) is 0.805. The van der Waals surface area contributed by atoms with Crippen LogP contribution < -0.4 is 4.89 Å². The van der Waals surface area contributed by atoms with Gasteiger partial charge in [0.2, 0.25) is 0 Å². The zero-order valence-electron chi connectivity index (χ0n) is 33.3. The van der Waals surface area contributed by atoms with Crippen molar-refractivity contribution in [2.45, 2.75) is 168 Å². The van der Waals surface area contributed by atoms with E-state index in [1.807, 2.05) is 21.1 Å². The van der Waals surface area contributed by atoms with Crippen LogP contribution in [-0.4, -0.2) is 70.0 Å². The van der Waals surface area contributed by atoms with Gasteiger partial charge in [0.15, 0.2) is 6.10 Å². The molecule has 0 fully saturated rings. The first-order valence-corrected chi connectivity index (χ1v) is 21.7. The third kappa shape index (κ3) is 37.8. The number of esters is 2. The van der Waals surface area contributed by atoms with Crippen molar-refractivity contribution in [3.63, 3.8) is 0 Å². The van der Waals surface area contributed by atoms with Gasteiger partial charge in [-0.15, -0.1) is 0 Å². The molecule has 10 heteroatoms. The number of unbranched alkanes of at least 4 members (excludes halogenated alkanes) is 16. The molecule has 0 spiro atoms. The molecule has 0 aliphatic heterocycles. The van der Waals surface area contributed by atoms with Crippen LogP contribution in [-0.2, 0) is 32.7 Å². The fourth-order valence-corrected chi connectivity index (χ4v) is 5.92. The molecule has 0 rings (SSSR count). The van der Waals surface area contributed by atoms with Gasteiger partial charge in [0, 0.05) is 12.8 Å². The average molecular weight is 742 g/mol. The van der Waals surface area contributed by atoms with Crippen molar-refractivity contribution in [3.05, 3.63) is 36.5 Å². The molecule has 1 unspecified atom stereocenters. The summed E-state index contributed by atoms with van der Waals surface area (Å²) in [5, 5.41) is 0. The van der Waals surface area contributed by atoms with E-state index in [0.29, 0.717) is 23.9 Å². The first-order chi connectivity index (χ1) is 24.5. The molecule has 0 bridgehead atoms. The third-order valence-corrected chi connectivity index (χ3v) is 9.38. The van der Waals surface area contributed by atoms with Gasteiger partial charge in [0.1, 0.15) is 19.8 Å². The molecule has 9 nitrogen and oxygen atoms in total. The van der Waals surface area contributed by atoms with E-state index in [9.17, 15) is 19.0 Å². The maximum Gasteiger partial charge on any atom is 0.306 e. The largest absolute Gasteiger partial charge is 0.756 e. The summed E-state index contributed by atoms with van der Waals surface area (Å²) in [5.41, 5.74) is 0. The Morgan fingerprint density at radius 3 is 1.61 bits per heavy atom. The number of likely N-dealkylation sites (N-methyl/N-ethyl adjacent to an activating group) is 1. The van der Waals surface area contributed by atoms with Crippen molar-refractivity contribution in [2.75, 3.05) is 47.5 Å². The Morgan fingerprint density at radius 1 is 0.608 bits per heavy atom. The first-order valence-electron chi connectivity index (χ1n) is 20.2. The highest BCUT2D eigenvalue weighted by molar-refractivity contribution is 7.45. The van der Waals surface area contributed by atoms with E-state index < -0.39 is 32.5 Å². The third-order valence-electron chi connectivity index (χ3n) is 8.41. The van der Waals surface area contributed by atoms with Gasteiger partial charge in [0.05, 0.1) is 27.7 Å². The molecule has 0 saturated carbocycles. The lowest BCUT2D eigenvalue weighted by Gasteiger charge is -2.28. The summed E-state index contributed by atoms with van der Waals surface area (Å²) in [6.45, 7) is 4.14. The van der Waals surface area contributed by atoms with Crippen molar-refractivity contribution >= 4 is 19.8 Å². The number of rotatable bonds is 36. The number of phosphoric ester groups is 1. The van der Waals surface area contributed by atoms with Crippen LogP contribution in [0.25, 0.3) is 0 Å². The summed E-state index contributed by atoms with van der Waals surface area (Å²) in [7, 11) is 1.14. The maximum atomic E-state index is 12.6. The summed E-state index contributed by atoms with van der Waals surface area (Å²) < 4.78 is 33.7. The van der Waals surface area contributed by atoms with Crippen LogP contribution in [0.15, 0.2) is 36.5 Å². The normalized spacial score (nSPS) is 14.1. The lowest BCUT2D eigenvalue weighted by atomic mass is 10.0. The summed E-state index contributed by atoms with van der Waals surface area (Å²) in [5.74, 6) is -0.880.